The summed E-state index contributed by atoms with van der Waals surface area (Å²) < 4.78 is 42.2. The van der Waals surface area contributed by atoms with E-state index in [2.05, 4.69) is 15.4 Å². The van der Waals surface area contributed by atoms with Crippen molar-refractivity contribution in [2.75, 3.05) is 24.1 Å². The van der Waals surface area contributed by atoms with Crippen molar-refractivity contribution in [2.45, 2.75) is 30.2 Å². The molecular formula is C21H21FN6O3S. The Morgan fingerprint density at radius 1 is 1.28 bits per heavy atom. The number of nitrogens with two attached hydrogens (primary N) is 1. The Hall–Kier alpha value is -3.31. The van der Waals surface area contributed by atoms with Gasteiger partial charge in [-0.05, 0) is 48.7 Å². The number of nitrogen functional groups attached to an aromatic ring is 1. The maximum Gasteiger partial charge on any atom is 0.256 e. The highest BCUT2D eigenvalue weighted by atomic mass is 32.2. The number of hydrogen-bond acceptors (Lipinski definition) is 7. The Labute approximate surface area is 184 Å². The molecule has 1 aromatic carbocycles. The molecule has 0 saturated carbocycles. The fourth-order valence-electron chi connectivity index (χ4n) is 4.31. The van der Waals surface area contributed by atoms with Crippen molar-refractivity contribution in [2.24, 2.45) is 0 Å². The van der Waals surface area contributed by atoms with E-state index in [1.807, 2.05) is 0 Å². The van der Waals surface area contributed by atoms with Gasteiger partial charge < -0.3 is 11.1 Å². The minimum absolute atomic E-state index is 0.00841. The summed E-state index contributed by atoms with van der Waals surface area (Å²) in [5.41, 5.74) is 8.65. The number of carbonyl (C=O) groups is 1. The second-order valence-corrected chi connectivity index (χ2v) is 9.78. The number of pyridine rings is 1. The van der Waals surface area contributed by atoms with Crippen LogP contribution in [0.1, 0.15) is 34.0 Å². The Bertz CT molecular complexity index is 1310. The van der Waals surface area contributed by atoms with E-state index in [9.17, 15) is 17.6 Å². The molecule has 3 aromatic rings. The van der Waals surface area contributed by atoms with E-state index < -0.39 is 21.8 Å². The summed E-state index contributed by atoms with van der Waals surface area (Å²) >= 11 is 0. The molecule has 0 bridgehead atoms. The van der Waals surface area contributed by atoms with E-state index in [0.717, 1.165) is 4.68 Å². The van der Waals surface area contributed by atoms with Crippen LogP contribution in [0.3, 0.4) is 0 Å². The molecule has 4 heterocycles. The summed E-state index contributed by atoms with van der Waals surface area (Å²) in [7, 11) is -3.75. The third-order valence-electron chi connectivity index (χ3n) is 5.96. The lowest BCUT2D eigenvalue weighted by molar-refractivity contribution is 0.0859. The standard InChI is InChI=1S/C21H21FN6O3S/c22-13-3-4-18-17(10-13)15(5-8-25-18)21(29)28-20(23)16-6-9-27(12-19(16)26-28)32(30,31)14-2-1-7-24-11-14/h1-4,7,10-11,15,25H,5-6,8-9,12,23H2. The molecule has 2 aromatic heterocycles. The molecule has 0 saturated heterocycles. The molecular weight excluding hydrogens is 435 g/mol. The van der Waals surface area contributed by atoms with Gasteiger partial charge in [0.2, 0.25) is 10.0 Å². The number of sulfonamides is 1. The van der Waals surface area contributed by atoms with Crippen molar-refractivity contribution >= 4 is 27.4 Å². The molecule has 11 heteroatoms. The molecule has 2 aliphatic heterocycles. The van der Waals surface area contributed by atoms with Crippen molar-refractivity contribution in [3.63, 3.8) is 0 Å². The highest BCUT2D eigenvalue weighted by Crippen LogP contribution is 2.35. The van der Waals surface area contributed by atoms with Crippen LogP contribution >= 0.6 is 0 Å². The molecule has 2 aliphatic rings. The Morgan fingerprint density at radius 2 is 2.12 bits per heavy atom. The molecule has 0 fully saturated rings. The van der Waals surface area contributed by atoms with Gasteiger partial charge in [0, 0.05) is 36.7 Å². The number of rotatable bonds is 3. The van der Waals surface area contributed by atoms with E-state index in [1.54, 1.807) is 12.1 Å². The normalized spacial score (nSPS) is 18.5. The summed E-state index contributed by atoms with van der Waals surface area (Å²) in [6.45, 7) is 0.789. The summed E-state index contributed by atoms with van der Waals surface area (Å²) in [6.07, 6.45) is 3.62. The number of fused-ring (bicyclic) bond motifs is 2. The Balaban J connectivity index is 1.46. The molecule has 32 heavy (non-hydrogen) atoms. The van der Waals surface area contributed by atoms with Gasteiger partial charge in [-0.3, -0.25) is 9.78 Å². The first kappa shape index (κ1) is 20.6. The third kappa shape index (κ3) is 3.33. The van der Waals surface area contributed by atoms with Crippen LogP contribution < -0.4 is 11.1 Å². The van der Waals surface area contributed by atoms with Crippen molar-refractivity contribution in [3.05, 3.63) is 65.4 Å². The highest BCUT2D eigenvalue weighted by Gasteiger charge is 2.35. The lowest BCUT2D eigenvalue weighted by Gasteiger charge is -2.25. The summed E-state index contributed by atoms with van der Waals surface area (Å²) in [5.74, 6) is -1.16. The second-order valence-electron chi connectivity index (χ2n) is 7.84. The SMILES string of the molecule is Nc1c2c(nn1C(=O)C1CCNc3ccc(F)cc31)CN(S(=O)(=O)c1cccnc1)CC2. The zero-order valence-electron chi connectivity index (χ0n) is 17.0. The zero-order chi connectivity index (χ0) is 22.5. The number of aromatic nitrogens is 3. The maximum absolute atomic E-state index is 13.8. The number of carbonyl (C=O) groups excluding carboxylic acids is 1. The van der Waals surface area contributed by atoms with Crippen molar-refractivity contribution < 1.29 is 17.6 Å². The van der Waals surface area contributed by atoms with E-state index in [1.165, 1.54) is 34.9 Å². The van der Waals surface area contributed by atoms with Gasteiger partial charge in [0.05, 0.1) is 18.2 Å². The zero-order valence-corrected chi connectivity index (χ0v) is 17.8. The van der Waals surface area contributed by atoms with Gasteiger partial charge in [0.25, 0.3) is 5.91 Å². The molecule has 5 rings (SSSR count). The predicted molar refractivity (Wildman–Crippen MR) is 115 cm³/mol. The number of halogens is 1. The van der Waals surface area contributed by atoms with Crippen LogP contribution in [-0.4, -0.2) is 46.5 Å². The smallest absolute Gasteiger partial charge is 0.256 e. The summed E-state index contributed by atoms with van der Waals surface area (Å²) in [6, 6.07) is 7.36. The van der Waals surface area contributed by atoms with Crippen molar-refractivity contribution in [1.29, 1.82) is 0 Å². The molecule has 3 N–H and O–H groups in total. The van der Waals surface area contributed by atoms with Crippen LogP contribution in [-0.2, 0) is 23.0 Å². The van der Waals surface area contributed by atoms with Crippen LogP contribution in [0.25, 0.3) is 0 Å². The first-order valence-electron chi connectivity index (χ1n) is 10.2. The maximum atomic E-state index is 13.8. The van der Waals surface area contributed by atoms with E-state index in [0.29, 0.717) is 41.9 Å². The molecule has 0 aliphatic carbocycles. The topological polar surface area (TPSA) is 123 Å². The third-order valence-corrected chi connectivity index (χ3v) is 7.79. The summed E-state index contributed by atoms with van der Waals surface area (Å²) in [4.78, 5) is 17.3. The lowest BCUT2D eigenvalue weighted by Crippen LogP contribution is -2.36. The number of benzene rings is 1. The minimum Gasteiger partial charge on any atom is -0.385 e. The van der Waals surface area contributed by atoms with Crippen molar-refractivity contribution in [3.8, 4) is 0 Å². The molecule has 0 spiro atoms. The molecule has 9 nitrogen and oxygen atoms in total. The van der Waals surface area contributed by atoms with Gasteiger partial charge in [-0.2, -0.15) is 14.1 Å². The van der Waals surface area contributed by atoms with Gasteiger partial charge in [-0.15, -0.1) is 0 Å². The second kappa shape index (κ2) is 7.68. The molecule has 0 amide bonds. The number of nitrogens with zero attached hydrogens (tertiary/aromatic N) is 4. The number of hydrogen-bond donors (Lipinski definition) is 2. The van der Waals surface area contributed by atoms with E-state index in [4.69, 9.17) is 5.73 Å². The first-order valence-corrected chi connectivity index (χ1v) is 11.6. The largest absolute Gasteiger partial charge is 0.385 e. The first-order chi connectivity index (χ1) is 15.4. The van der Waals surface area contributed by atoms with Crippen LogP contribution in [0.2, 0.25) is 0 Å². The van der Waals surface area contributed by atoms with E-state index in [-0.39, 0.29) is 29.7 Å². The lowest BCUT2D eigenvalue weighted by atomic mass is 9.90. The minimum atomic E-state index is -3.75. The van der Waals surface area contributed by atoms with E-state index >= 15 is 0 Å². The fraction of sp³-hybridized carbons (Fsp3) is 0.286. The van der Waals surface area contributed by atoms with Gasteiger partial charge in [0.1, 0.15) is 16.5 Å². The predicted octanol–water partition coefficient (Wildman–Crippen LogP) is 1.99. The van der Waals surface area contributed by atoms with Gasteiger partial charge in [-0.25, -0.2) is 12.8 Å². The molecule has 166 valence electrons. The van der Waals surface area contributed by atoms with Gasteiger partial charge >= 0.3 is 0 Å². The van der Waals surface area contributed by atoms with Gasteiger partial charge in [-0.1, -0.05) is 0 Å². The molecule has 1 atom stereocenters. The Morgan fingerprint density at radius 3 is 2.91 bits per heavy atom. The summed E-state index contributed by atoms with van der Waals surface area (Å²) in [5, 5.41) is 7.55. The highest BCUT2D eigenvalue weighted by molar-refractivity contribution is 7.89. The average molecular weight is 457 g/mol. The fourth-order valence-corrected chi connectivity index (χ4v) is 5.67. The Kier molecular flexibility index (Phi) is 4.94. The van der Waals surface area contributed by atoms with Crippen LogP contribution in [0.4, 0.5) is 15.9 Å². The average Bonchev–Trinajstić information content (AvgIpc) is 3.14. The number of anilines is 2. The molecule has 0 radical (unpaired) electrons. The van der Waals surface area contributed by atoms with Crippen LogP contribution in [0, 0.1) is 5.82 Å². The van der Waals surface area contributed by atoms with Gasteiger partial charge in [0.15, 0.2) is 0 Å². The van der Waals surface area contributed by atoms with Crippen LogP contribution in [0.15, 0.2) is 47.6 Å². The quantitative estimate of drug-likeness (QED) is 0.618. The number of nitrogens with one attached hydrogen (secondary N) is 1. The van der Waals surface area contributed by atoms with Crippen LogP contribution in [0.5, 0.6) is 0 Å². The van der Waals surface area contributed by atoms with Crippen molar-refractivity contribution in [1.82, 2.24) is 19.1 Å². The molecule has 1 unspecified atom stereocenters. The monoisotopic (exact) mass is 456 g/mol.